The lowest BCUT2D eigenvalue weighted by Crippen LogP contribution is -2.31. The monoisotopic (exact) mass is 342 g/mol. The highest BCUT2D eigenvalue weighted by Crippen LogP contribution is 2.31. The van der Waals surface area contributed by atoms with Crippen molar-refractivity contribution in [2.24, 2.45) is 5.92 Å². The zero-order valence-electron chi connectivity index (χ0n) is 10.7. The van der Waals surface area contributed by atoms with Gasteiger partial charge >= 0.3 is 5.97 Å². The molecule has 0 bridgehead atoms. The largest absolute Gasteiger partial charge is 0.481 e. The van der Waals surface area contributed by atoms with Gasteiger partial charge in [-0.15, -0.1) is 0 Å². The number of non-ortho nitro benzene ring substituents is 1. The number of rotatable bonds is 4. The number of aliphatic carboxylic acids is 1. The highest BCUT2D eigenvalue weighted by atomic mass is 79.9. The Bertz CT molecular complexity index is 535. The molecule has 20 heavy (non-hydrogen) atoms. The fourth-order valence-corrected chi connectivity index (χ4v) is 2.98. The van der Waals surface area contributed by atoms with Crippen molar-refractivity contribution in [2.45, 2.75) is 31.7 Å². The summed E-state index contributed by atoms with van der Waals surface area (Å²) in [7, 11) is 0. The highest BCUT2D eigenvalue weighted by Gasteiger charge is 2.27. The third kappa shape index (κ3) is 3.47. The lowest BCUT2D eigenvalue weighted by atomic mass is 9.85. The first kappa shape index (κ1) is 14.8. The number of nitrogens with zero attached hydrogens (tertiary/aromatic N) is 1. The maximum atomic E-state index is 11.0. The topological polar surface area (TPSA) is 92.5 Å². The molecule has 1 aliphatic carbocycles. The van der Waals surface area contributed by atoms with Crippen LogP contribution in [0.1, 0.15) is 25.7 Å². The number of nitro benzene ring substituents is 1. The zero-order chi connectivity index (χ0) is 14.7. The molecule has 2 rings (SSSR count). The van der Waals surface area contributed by atoms with E-state index in [0.29, 0.717) is 10.9 Å². The van der Waals surface area contributed by atoms with E-state index in [1.54, 1.807) is 6.07 Å². The van der Waals surface area contributed by atoms with Crippen LogP contribution in [0.2, 0.25) is 0 Å². The van der Waals surface area contributed by atoms with E-state index < -0.39 is 10.9 Å². The van der Waals surface area contributed by atoms with E-state index in [1.807, 2.05) is 0 Å². The number of carboxylic acid groups (broad SMARTS) is 1. The quantitative estimate of drug-likeness (QED) is 0.646. The van der Waals surface area contributed by atoms with Crippen LogP contribution in [-0.2, 0) is 4.79 Å². The molecule has 0 saturated heterocycles. The van der Waals surface area contributed by atoms with Crippen molar-refractivity contribution in [2.75, 3.05) is 5.32 Å². The van der Waals surface area contributed by atoms with Crippen LogP contribution in [0.25, 0.3) is 0 Å². The van der Waals surface area contributed by atoms with Gasteiger partial charge in [-0.05, 0) is 41.3 Å². The summed E-state index contributed by atoms with van der Waals surface area (Å²) in [4.78, 5) is 21.2. The third-order valence-electron chi connectivity index (χ3n) is 3.55. The Labute approximate surface area is 124 Å². The molecular formula is C13H15BrN2O4. The van der Waals surface area contributed by atoms with Crippen molar-refractivity contribution < 1.29 is 14.8 Å². The van der Waals surface area contributed by atoms with Crippen LogP contribution in [0, 0.1) is 16.0 Å². The maximum Gasteiger partial charge on any atom is 0.306 e. The van der Waals surface area contributed by atoms with Gasteiger partial charge in [0.1, 0.15) is 0 Å². The van der Waals surface area contributed by atoms with Gasteiger partial charge in [-0.1, -0.05) is 6.42 Å². The molecule has 1 fully saturated rings. The smallest absolute Gasteiger partial charge is 0.306 e. The van der Waals surface area contributed by atoms with Crippen LogP contribution < -0.4 is 5.32 Å². The number of benzene rings is 1. The zero-order valence-corrected chi connectivity index (χ0v) is 12.3. The summed E-state index contributed by atoms with van der Waals surface area (Å²) in [6.45, 7) is 0. The third-order valence-corrected chi connectivity index (χ3v) is 4.20. The van der Waals surface area contributed by atoms with E-state index in [9.17, 15) is 14.9 Å². The second-order valence-electron chi connectivity index (χ2n) is 4.96. The molecule has 0 amide bonds. The molecule has 1 aliphatic rings. The summed E-state index contributed by atoms with van der Waals surface area (Å²) >= 11 is 3.30. The summed E-state index contributed by atoms with van der Waals surface area (Å²) in [5.41, 5.74) is 0.779. The molecule has 0 spiro atoms. The predicted molar refractivity (Wildman–Crippen MR) is 77.8 cm³/mol. The minimum Gasteiger partial charge on any atom is -0.481 e. The molecule has 0 aromatic heterocycles. The molecule has 0 heterocycles. The Kier molecular flexibility index (Phi) is 4.59. The number of halogens is 1. The molecule has 7 heteroatoms. The number of carboxylic acids is 1. The van der Waals surface area contributed by atoms with Crippen molar-refractivity contribution in [3.63, 3.8) is 0 Å². The van der Waals surface area contributed by atoms with Gasteiger partial charge < -0.3 is 10.4 Å². The number of nitrogens with one attached hydrogen (secondary N) is 1. The fourth-order valence-electron chi connectivity index (χ4n) is 2.50. The molecule has 2 N–H and O–H groups in total. The summed E-state index contributed by atoms with van der Waals surface area (Å²) < 4.78 is 0.615. The second-order valence-corrected chi connectivity index (χ2v) is 5.82. The maximum absolute atomic E-state index is 11.0. The fraction of sp³-hybridized carbons (Fsp3) is 0.462. The van der Waals surface area contributed by atoms with E-state index in [1.165, 1.54) is 12.1 Å². The van der Waals surface area contributed by atoms with Gasteiger partial charge in [0.25, 0.3) is 5.69 Å². The molecule has 0 radical (unpaired) electrons. The summed E-state index contributed by atoms with van der Waals surface area (Å²) in [5.74, 6) is -1.06. The Balaban J connectivity index is 2.06. The molecule has 1 saturated carbocycles. The van der Waals surface area contributed by atoms with Crippen molar-refractivity contribution in [1.29, 1.82) is 0 Å². The average molecular weight is 343 g/mol. The number of nitro groups is 1. The SMILES string of the molecule is O=C(O)C1CCCC(Nc2ccc([N+](=O)[O-])cc2Br)C1. The molecule has 2 atom stereocenters. The van der Waals surface area contributed by atoms with E-state index in [-0.39, 0.29) is 17.6 Å². The Morgan fingerprint density at radius 1 is 1.45 bits per heavy atom. The Morgan fingerprint density at radius 2 is 2.20 bits per heavy atom. The minimum absolute atomic E-state index is 0.0227. The first-order valence-electron chi connectivity index (χ1n) is 6.40. The first-order valence-corrected chi connectivity index (χ1v) is 7.20. The van der Waals surface area contributed by atoms with Crippen molar-refractivity contribution in [1.82, 2.24) is 0 Å². The molecule has 1 aromatic carbocycles. The highest BCUT2D eigenvalue weighted by molar-refractivity contribution is 9.10. The van der Waals surface area contributed by atoms with Crippen LogP contribution in [0.5, 0.6) is 0 Å². The number of carbonyl (C=O) groups is 1. The molecule has 2 unspecified atom stereocenters. The molecule has 1 aromatic rings. The number of hydrogen-bond acceptors (Lipinski definition) is 4. The lowest BCUT2D eigenvalue weighted by molar-refractivity contribution is -0.384. The molecular weight excluding hydrogens is 328 g/mol. The van der Waals surface area contributed by atoms with Crippen LogP contribution in [-0.4, -0.2) is 22.0 Å². The molecule has 108 valence electrons. The second kappa shape index (κ2) is 6.21. The average Bonchev–Trinajstić information content (AvgIpc) is 2.41. The van der Waals surface area contributed by atoms with Crippen LogP contribution >= 0.6 is 15.9 Å². The number of hydrogen-bond donors (Lipinski definition) is 2. The van der Waals surface area contributed by atoms with E-state index >= 15 is 0 Å². The first-order chi connectivity index (χ1) is 9.47. The standard InChI is InChI=1S/C13H15BrN2O4/c14-11-7-10(16(19)20)4-5-12(11)15-9-3-1-2-8(6-9)13(17)18/h4-5,7-9,15H,1-3,6H2,(H,17,18). The molecule has 0 aliphatic heterocycles. The normalized spacial score (nSPS) is 22.2. The van der Waals surface area contributed by atoms with Crippen molar-refractivity contribution >= 4 is 33.3 Å². The van der Waals surface area contributed by atoms with Gasteiger partial charge in [0.2, 0.25) is 0 Å². The van der Waals surface area contributed by atoms with Crippen LogP contribution in [0.4, 0.5) is 11.4 Å². The van der Waals surface area contributed by atoms with Gasteiger partial charge in [-0.25, -0.2) is 0 Å². The van der Waals surface area contributed by atoms with E-state index in [0.717, 1.165) is 24.9 Å². The van der Waals surface area contributed by atoms with Crippen LogP contribution in [0.15, 0.2) is 22.7 Å². The lowest BCUT2D eigenvalue weighted by Gasteiger charge is -2.28. The van der Waals surface area contributed by atoms with Gasteiger partial charge in [0.15, 0.2) is 0 Å². The van der Waals surface area contributed by atoms with Crippen molar-refractivity contribution in [3.05, 3.63) is 32.8 Å². The molecule has 6 nitrogen and oxygen atoms in total. The minimum atomic E-state index is -0.751. The predicted octanol–water partition coefficient (Wildman–Crippen LogP) is 3.41. The Hall–Kier alpha value is -1.63. The summed E-state index contributed by atoms with van der Waals surface area (Å²) in [5, 5.41) is 23.0. The van der Waals surface area contributed by atoms with Crippen molar-refractivity contribution in [3.8, 4) is 0 Å². The van der Waals surface area contributed by atoms with Gasteiger partial charge in [-0.2, -0.15) is 0 Å². The number of anilines is 1. The van der Waals surface area contributed by atoms with Gasteiger partial charge in [0, 0.05) is 28.3 Å². The Morgan fingerprint density at radius 3 is 2.80 bits per heavy atom. The summed E-state index contributed by atoms with van der Waals surface area (Å²) in [6, 6.07) is 4.61. The summed E-state index contributed by atoms with van der Waals surface area (Å²) in [6.07, 6.45) is 3.08. The van der Waals surface area contributed by atoms with E-state index in [2.05, 4.69) is 21.2 Å². The van der Waals surface area contributed by atoms with Crippen LogP contribution in [0.3, 0.4) is 0 Å². The van der Waals surface area contributed by atoms with Gasteiger partial charge in [-0.3, -0.25) is 14.9 Å². The van der Waals surface area contributed by atoms with E-state index in [4.69, 9.17) is 5.11 Å². The van der Waals surface area contributed by atoms with Gasteiger partial charge in [0.05, 0.1) is 10.8 Å².